The molecule has 2 aliphatic rings. The van der Waals surface area contributed by atoms with E-state index in [4.69, 9.17) is 0 Å². The summed E-state index contributed by atoms with van der Waals surface area (Å²) in [6, 6.07) is 10.5. The second-order valence-electron chi connectivity index (χ2n) is 7.51. The van der Waals surface area contributed by atoms with Gasteiger partial charge in [0.1, 0.15) is 0 Å². The van der Waals surface area contributed by atoms with Crippen LogP contribution in [0, 0.1) is 0 Å². The highest BCUT2D eigenvalue weighted by Crippen LogP contribution is 2.26. The summed E-state index contributed by atoms with van der Waals surface area (Å²) in [6.45, 7) is 13.9. The molecule has 1 aromatic rings. The Bertz CT molecular complexity index is 493. The lowest BCUT2D eigenvalue weighted by molar-refractivity contribution is 0.0662. The van der Waals surface area contributed by atoms with Crippen molar-refractivity contribution in [3.8, 4) is 0 Å². The van der Waals surface area contributed by atoms with Crippen LogP contribution >= 0.6 is 0 Å². The number of piperazine rings is 2. The number of nitrogens with zero attached hydrogens (tertiary/aromatic N) is 3. The average molecular weight is 331 g/mol. The lowest BCUT2D eigenvalue weighted by Crippen LogP contribution is -2.54. The molecule has 0 aromatic heterocycles. The summed E-state index contributed by atoms with van der Waals surface area (Å²) >= 11 is 0. The predicted octanol–water partition coefficient (Wildman–Crippen LogP) is 1.83. The van der Waals surface area contributed by atoms with Gasteiger partial charge in [0.05, 0.1) is 0 Å². The van der Waals surface area contributed by atoms with Crippen molar-refractivity contribution < 1.29 is 0 Å². The van der Waals surface area contributed by atoms with Crippen molar-refractivity contribution in [1.29, 1.82) is 0 Å². The Morgan fingerprint density at radius 1 is 1.08 bits per heavy atom. The highest BCUT2D eigenvalue weighted by atomic mass is 15.3. The van der Waals surface area contributed by atoms with Crippen molar-refractivity contribution in [2.45, 2.75) is 32.4 Å². The zero-order valence-electron chi connectivity index (χ0n) is 15.7. The van der Waals surface area contributed by atoms with Gasteiger partial charge in [0.25, 0.3) is 0 Å². The largest absolute Gasteiger partial charge is 0.314 e. The van der Waals surface area contributed by atoms with Crippen LogP contribution < -0.4 is 5.32 Å². The zero-order chi connectivity index (χ0) is 16.9. The van der Waals surface area contributed by atoms with Crippen LogP contribution in [0.5, 0.6) is 0 Å². The van der Waals surface area contributed by atoms with Gasteiger partial charge in [-0.1, -0.05) is 31.2 Å². The molecular formula is C20H34N4. The second-order valence-corrected chi connectivity index (χ2v) is 7.51. The zero-order valence-corrected chi connectivity index (χ0v) is 15.7. The number of hydrogen-bond acceptors (Lipinski definition) is 4. The van der Waals surface area contributed by atoms with Crippen molar-refractivity contribution in [1.82, 2.24) is 20.0 Å². The molecule has 1 N–H and O–H groups in total. The Hall–Kier alpha value is -0.940. The molecule has 4 heteroatoms. The third-order valence-electron chi connectivity index (χ3n) is 5.75. The lowest BCUT2D eigenvalue weighted by Gasteiger charge is -2.43. The first-order valence-corrected chi connectivity index (χ1v) is 9.63. The Balaban J connectivity index is 1.76. The van der Waals surface area contributed by atoms with Gasteiger partial charge in [-0.15, -0.1) is 0 Å². The molecule has 3 rings (SSSR count). The van der Waals surface area contributed by atoms with E-state index in [2.05, 4.69) is 65.2 Å². The fraction of sp³-hybridized carbons (Fsp3) is 0.700. The van der Waals surface area contributed by atoms with Crippen LogP contribution in [0.1, 0.15) is 31.0 Å². The third-order valence-corrected chi connectivity index (χ3v) is 5.75. The van der Waals surface area contributed by atoms with Crippen LogP contribution in [0.3, 0.4) is 0 Å². The number of rotatable bonds is 5. The maximum Gasteiger partial charge on any atom is 0.0479 e. The van der Waals surface area contributed by atoms with Crippen LogP contribution in [0.4, 0.5) is 0 Å². The molecule has 0 bridgehead atoms. The topological polar surface area (TPSA) is 21.8 Å². The van der Waals surface area contributed by atoms with Gasteiger partial charge in [-0.25, -0.2) is 0 Å². The molecule has 0 amide bonds. The van der Waals surface area contributed by atoms with Crippen molar-refractivity contribution in [2.75, 3.05) is 59.4 Å². The maximum absolute atomic E-state index is 3.54. The fourth-order valence-corrected chi connectivity index (χ4v) is 3.97. The smallest absolute Gasteiger partial charge is 0.0479 e. The van der Waals surface area contributed by atoms with Gasteiger partial charge in [0.15, 0.2) is 0 Å². The molecule has 2 saturated heterocycles. The van der Waals surface area contributed by atoms with Gasteiger partial charge >= 0.3 is 0 Å². The molecule has 0 spiro atoms. The summed E-state index contributed by atoms with van der Waals surface area (Å²) in [6.07, 6.45) is 1.12. The Morgan fingerprint density at radius 3 is 2.42 bits per heavy atom. The maximum atomic E-state index is 3.54. The van der Waals surface area contributed by atoms with E-state index < -0.39 is 0 Å². The molecular weight excluding hydrogens is 296 g/mol. The molecule has 2 fully saturated rings. The van der Waals surface area contributed by atoms with Gasteiger partial charge in [0, 0.05) is 64.4 Å². The molecule has 0 radical (unpaired) electrons. The molecule has 134 valence electrons. The molecule has 4 nitrogen and oxygen atoms in total. The quantitative estimate of drug-likeness (QED) is 0.889. The van der Waals surface area contributed by atoms with Crippen LogP contribution in [-0.4, -0.2) is 80.1 Å². The lowest BCUT2D eigenvalue weighted by atomic mass is 9.99. The molecule has 24 heavy (non-hydrogen) atoms. The summed E-state index contributed by atoms with van der Waals surface area (Å²) < 4.78 is 0. The first-order valence-electron chi connectivity index (χ1n) is 9.63. The summed E-state index contributed by atoms with van der Waals surface area (Å²) in [5, 5.41) is 3.54. The average Bonchev–Trinajstić information content (AvgIpc) is 2.62. The predicted molar refractivity (Wildman–Crippen MR) is 102 cm³/mol. The Labute approximate surface area is 147 Å². The summed E-state index contributed by atoms with van der Waals surface area (Å²) in [5.41, 5.74) is 2.92. The minimum Gasteiger partial charge on any atom is -0.314 e. The third kappa shape index (κ3) is 4.37. The summed E-state index contributed by atoms with van der Waals surface area (Å²) in [5.74, 6) is 0. The molecule has 1 aromatic carbocycles. The Kier molecular flexibility index (Phi) is 6.28. The van der Waals surface area contributed by atoms with Crippen molar-refractivity contribution >= 4 is 0 Å². The summed E-state index contributed by atoms with van der Waals surface area (Å²) in [7, 11) is 2.23. The standard InChI is InChI=1S/C20H34N4/c1-4-18-5-7-19(8-6-18)20(24-10-9-21-15-17(24)2)16-23-13-11-22(3)12-14-23/h5-8,17,20-21H,4,9-16H2,1-3H3. The Morgan fingerprint density at radius 2 is 1.79 bits per heavy atom. The summed E-state index contributed by atoms with van der Waals surface area (Å²) in [4.78, 5) is 7.82. The van der Waals surface area contributed by atoms with Crippen LogP contribution in [-0.2, 0) is 6.42 Å². The van der Waals surface area contributed by atoms with Crippen molar-refractivity contribution in [2.24, 2.45) is 0 Å². The SMILES string of the molecule is CCc1ccc(C(CN2CCN(C)CC2)N2CCNCC2C)cc1. The number of nitrogens with one attached hydrogen (secondary N) is 1. The molecule has 2 aliphatic heterocycles. The monoisotopic (exact) mass is 330 g/mol. The van der Waals surface area contributed by atoms with E-state index in [0.29, 0.717) is 12.1 Å². The highest BCUT2D eigenvalue weighted by molar-refractivity contribution is 5.26. The normalized spacial score (nSPS) is 25.7. The van der Waals surface area contributed by atoms with E-state index >= 15 is 0 Å². The van der Waals surface area contributed by atoms with Crippen molar-refractivity contribution in [3.63, 3.8) is 0 Å². The van der Waals surface area contributed by atoms with E-state index in [1.54, 1.807) is 0 Å². The molecule has 2 atom stereocenters. The van der Waals surface area contributed by atoms with Crippen LogP contribution in [0.2, 0.25) is 0 Å². The van der Waals surface area contributed by atoms with Gasteiger partial charge in [0.2, 0.25) is 0 Å². The number of hydrogen-bond donors (Lipinski definition) is 1. The molecule has 2 unspecified atom stereocenters. The first kappa shape index (κ1) is 17.9. The van der Waals surface area contributed by atoms with E-state index in [1.807, 2.05) is 0 Å². The van der Waals surface area contributed by atoms with E-state index in [-0.39, 0.29) is 0 Å². The fourth-order valence-electron chi connectivity index (χ4n) is 3.97. The minimum atomic E-state index is 0.511. The van der Waals surface area contributed by atoms with Gasteiger partial charge < -0.3 is 10.2 Å². The van der Waals surface area contributed by atoms with Gasteiger partial charge in [-0.3, -0.25) is 9.80 Å². The number of likely N-dealkylation sites (N-methyl/N-ethyl adjacent to an activating group) is 1. The van der Waals surface area contributed by atoms with Crippen molar-refractivity contribution in [3.05, 3.63) is 35.4 Å². The minimum absolute atomic E-state index is 0.511. The van der Waals surface area contributed by atoms with E-state index in [1.165, 1.54) is 37.3 Å². The van der Waals surface area contributed by atoms with Crippen LogP contribution in [0.15, 0.2) is 24.3 Å². The molecule has 0 saturated carbocycles. The molecule has 2 heterocycles. The van der Waals surface area contributed by atoms with E-state index in [0.717, 1.165) is 32.6 Å². The van der Waals surface area contributed by atoms with Gasteiger partial charge in [-0.2, -0.15) is 0 Å². The van der Waals surface area contributed by atoms with E-state index in [9.17, 15) is 0 Å². The second kappa shape index (κ2) is 8.43. The van der Waals surface area contributed by atoms with Gasteiger partial charge in [-0.05, 0) is 31.5 Å². The van der Waals surface area contributed by atoms with Crippen LogP contribution in [0.25, 0.3) is 0 Å². The first-order chi connectivity index (χ1) is 11.7. The number of benzene rings is 1. The molecule has 0 aliphatic carbocycles. The highest BCUT2D eigenvalue weighted by Gasteiger charge is 2.29. The number of aryl methyl sites for hydroxylation is 1.